The summed E-state index contributed by atoms with van der Waals surface area (Å²) < 4.78 is 70.6. The van der Waals surface area contributed by atoms with Crippen LogP contribution in [-0.4, -0.2) is 54.3 Å². The molecule has 1 aliphatic heterocycles. The van der Waals surface area contributed by atoms with E-state index in [1.54, 1.807) is 53.3 Å². The summed E-state index contributed by atoms with van der Waals surface area (Å²) >= 11 is 0. The number of rotatable bonds is 6. The molecule has 1 fully saturated rings. The molecule has 0 saturated carbocycles. The molecule has 0 spiro atoms. The highest BCUT2D eigenvalue weighted by molar-refractivity contribution is 7.92. The molecular formula is C25H20FN5O5S2. The third kappa shape index (κ3) is 4.65. The Labute approximate surface area is 217 Å². The molecule has 0 atom stereocenters. The lowest BCUT2D eigenvalue weighted by Crippen LogP contribution is -2.38. The van der Waals surface area contributed by atoms with Gasteiger partial charge in [-0.05, 0) is 42.5 Å². The average molecular weight is 554 g/mol. The second-order valence-corrected chi connectivity index (χ2v) is 13.0. The highest BCUT2D eigenvalue weighted by Crippen LogP contribution is 2.38. The molecule has 1 saturated heterocycles. The van der Waals surface area contributed by atoms with Crippen LogP contribution in [0, 0.1) is 5.82 Å². The maximum absolute atomic E-state index is 13.6. The number of nitrogens with zero attached hydrogens (tertiary/aromatic N) is 4. The van der Waals surface area contributed by atoms with Crippen molar-refractivity contribution in [3.8, 4) is 33.8 Å². The van der Waals surface area contributed by atoms with E-state index in [1.165, 1.54) is 18.5 Å². The van der Waals surface area contributed by atoms with Crippen LogP contribution in [0.2, 0.25) is 0 Å². The molecule has 1 aliphatic rings. The molecule has 2 aromatic carbocycles. The van der Waals surface area contributed by atoms with Gasteiger partial charge in [-0.15, -0.1) is 0 Å². The fourth-order valence-electron chi connectivity index (χ4n) is 4.43. The van der Waals surface area contributed by atoms with Gasteiger partial charge in [0.25, 0.3) is 0 Å². The first kappa shape index (κ1) is 24.2. The zero-order valence-electron chi connectivity index (χ0n) is 19.9. The number of fused-ring (bicyclic) bond motifs is 1. The first-order valence-electron chi connectivity index (χ1n) is 11.4. The molecule has 38 heavy (non-hydrogen) atoms. The van der Waals surface area contributed by atoms with Gasteiger partial charge >= 0.3 is 0 Å². The lowest BCUT2D eigenvalue weighted by Gasteiger charge is -2.25. The van der Waals surface area contributed by atoms with Gasteiger partial charge in [-0.25, -0.2) is 31.2 Å². The molecule has 1 N–H and O–H groups in total. The Morgan fingerprint density at radius 3 is 2.50 bits per heavy atom. The summed E-state index contributed by atoms with van der Waals surface area (Å²) in [5.41, 5.74) is 3.56. The van der Waals surface area contributed by atoms with Crippen molar-refractivity contribution in [2.45, 2.75) is 6.04 Å². The summed E-state index contributed by atoms with van der Waals surface area (Å²) in [6.07, 6.45) is 4.16. The van der Waals surface area contributed by atoms with Crippen LogP contribution in [0.1, 0.15) is 6.04 Å². The molecule has 4 heterocycles. The normalized spacial score (nSPS) is 15.4. The summed E-state index contributed by atoms with van der Waals surface area (Å²) in [6, 6.07) is 14.0. The van der Waals surface area contributed by atoms with Gasteiger partial charge in [0.05, 0.1) is 34.9 Å². The average Bonchev–Trinajstić information content (AvgIpc) is 3.47. The maximum Gasteiger partial charge on any atom is 0.230 e. The third-order valence-corrected chi connectivity index (χ3v) is 8.54. The monoisotopic (exact) mass is 553 g/mol. The Morgan fingerprint density at radius 1 is 1.03 bits per heavy atom. The number of nitrogens with one attached hydrogen (secondary N) is 1. The van der Waals surface area contributed by atoms with Crippen LogP contribution < -0.4 is 4.72 Å². The SMILES string of the molecule is CS(=O)(=O)Nc1cccc(-c2cc3c(-c4cn(C5CS(=O)(=O)C5)nc4-c4ccc(F)cc4)ncnc3o2)c1. The van der Waals surface area contributed by atoms with Crippen molar-refractivity contribution in [1.29, 1.82) is 0 Å². The number of anilines is 1. The van der Waals surface area contributed by atoms with E-state index in [0.29, 0.717) is 50.6 Å². The molecule has 0 unspecified atom stereocenters. The Hall–Kier alpha value is -4.10. The molecule has 3 aromatic heterocycles. The summed E-state index contributed by atoms with van der Waals surface area (Å²) in [5.74, 6) is 0.0318. The van der Waals surface area contributed by atoms with Crippen LogP contribution >= 0.6 is 0 Å². The van der Waals surface area contributed by atoms with Gasteiger partial charge in [0, 0.05) is 28.6 Å². The van der Waals surface area contributed by atoms with E-state index in [2.05, 4.69) is 19.8 Å². The zero-order valence-corrected chi connectivity index (χ0v) is 21.5. The van der Waals surface area contributed by atoms with E-state index in [-0.39, 0.29) is 17.5 Å². The number of sulfonamides is 1. The fourth-order valence-corrected chi connectivity index (χ4v) is 6.36. The van der Waals surface area contributed by atoms with Crippen LogP contribution in [0.4, 0.5) is 10.1 Å². The summed E-state index contributed by atoms with van der Waals surface area (Å²) in [6.45, 7) is 0. The molecular weight excluding hydrogens is 533 g/mol. The number of benzene rings is 2. The van der Waals surface area contributed by atoms with Crippen molar-refractivity contribution < 1.29 is 25.6 Å². The van der Waals surface area contributed by atoms with Gasteiger partial charge in [-0.3, -0.25) is 9.40 Å². The van der Waals surface area contributed by atoms with Crippen molar-refractivity contribution in [2.75, 3.05) is 22.5 Å². The number of halogens is 1. The summed E-state index contributed by atoms with van der Waals surface area (Å²) in [7, 11) is -6.55. The lowest BCUT2D eigenvalue weighted by atomic mass is 10.0. The molecule has 5 aromatic rings. The standard InChI is InChI=1S/C25H20FN5O5S2/c1-37(32,33)30-18-4-2-3-16(9-18)22-10-20-24(27-14-28-25(20)36-22)21-11-31(19-12-38(34,35)13-19)29-23(21)15-5-7-17(26)8-6-15/h2-11,14,19,30H,12-13H2,1H3. The molecule has 0 amide bonds. The second-order valence-electron chi connectivity index (χ2n) is 9.12. The molecule has 194 valence electrons. The minimum Gasteiger partial charge on any atom is -0.438 e. The largest absolute Gasteiger partial charge is 0.438 e. The highest BCUT2D eigenvalue weighted by Gasteiger charge is 2.36. The quantitative estimate of drug-likeness (QED) is 0.334. The highest BCUT2D eigenvalue weighted by atomic mass is 32.2. The van der Waals surface area contributed by atoms with Gasteiger partial charge < -0.3 is 4.42 Å². The molecule has 0 radical (unpaired) electrons. The van der Waals surface area contributed by atoms with Crippen molar-refractivity contribution in [1.82, 2.24) is 19.7 Å². The van der Waals surface area contributed by atoms with Gasteiger partial charge in [-0.2, -0.15) is 5.10 Å². The lowest BCUT2D eigenvalue weighted by molar-refractivity contribution is 0.474. The maximum atomic E-state index is 13.6. The van der Waals surface area contributed by atoms with E-state index in [4.69, 9.17) is 4.42 Å². The van der Waals surface area contributed by atoms with Crippen LogP contribution in [0.3, 0.4) is 0 Å². The third-order valence-electron chi connectivity index (χ3n) is 6.15. The first-order chi connectivity index (χ1) is 18.0. The van der Waals surface area contributed by atoms with Crippen molar-refractivity contribution >= 4 is 36.6 Å². The Bertz CT molecular complexity index is 1900. The van der Waals surface area contributed by atoms with Crippen LogP contribution in [0.5, 0.6) is 0 Å². The van der Waals surface area contributed by atoms with Crippen molar-refractivity contribution in [3.05, 3.63) is 72.9 Å². The smallest absolute Gasteiger partial charge is 0.230 e. The van der Waals surface area contributed by atoms with E-state index in [9.17, 15) is 21.2 Å². The van der Waals surface area contributed by atoms with Gasteiger partial charge in [0.15, 0.2) is 9.84 Å². The number of hydrogen-bond acceptors (Lipinski definition) is 8. The molecule has 10 nitrogen and oxygen atoms in total. The van der Waals surface area contributed by atoms with Crippen LogP contribution in [0.25, 0.3) is 44.9 Å². The van der Waals surface area contributed by atoms with E-state index < -0.39 is 25.7 Å². The predicted octanol–water partition coefficient (Wildman–Crippen LogP) is 3.90. The fraction of sp³-hybridized carbons (Fsp3) is 0.160. The van der Waals surface area contributed by atoms with Crippen LogP contribution in [0.15, 0.2) is 71.5 Å². The second kappa shape index (κ2) is 8.74. The minimum absolute atomic E-state index is 0.0100. The Balaban J connectivity index is 1.47. The number of aromatic nitrogens is 4. The van der Waals surface area contributed by atoms with E-state index >= 15 is 0 Å². The van der Waals surface area contributed by atoms with Gasteiger partial charge in [0.2, 0.25) is 15.7 Å². The molecule has 0 aliphatic carbocycles. The minimum atomic E-state index is -3.46. The van der Waals surface area contributed by atoms with Crippen molar-refractivity contribution in [3.63, 3.8) is 0 Å². The number of hydrogen-bond donors (Lipinski definition) is 1. The Morgan fingerprint density at radius 2 is 1.79 bits per heavy atom. The zero-order chi connectivity index (χ0) is 26.7. The van der Waals surface area contributed by atoms with E-state index in [0.717, 1.165) is 6.26 Å². The van der Waals surface area contributed by atoms with E-state index in [1.807, 2.05) is 0 Å². The molecule has 13 heteroatoms. The molecule has 0 bridgehead atoms. The summed E-state index contributed by atoms with van der Waals surface area (Å²) in [5, 5.41) is 5.24. The topological polar surface area (TPSA) is 137 Å². The molecule has 6 rings (SSSR count). The van der Waals surface area contributed by atoms with Gasteiger partial charge in [0.1, 0.15) is 23.6 Å². The number of sulfone groups is 1. The van der Waals surface area contributed by atoms with Crippen LogP contribution in [-0.2, 0) is 19.9 Å². The predicted molar refractivity (Wildman–Crippen MR) is 140 cm³/mol. The summed E-state index contributed by atoms with van der Waals surface area (Å²) in [4.78, 5) is 8.74. The first-order valence-corrected chi connectivity index (χ1v) is 15.1. The van der Waals surface area contributed by atoms with Gasteiger partial charge in [-0.1, -0.05) is 12.1 Å². The number of furan rings is 1. The van der Waals surface area contributed by atoms with Crippen molar-refractivity contribution in [2.24, 2.45) is 0 Å². The Kier molecular flexibility index (Phi) is 5.58.